The summed E-state index contributed by atoms with van der Waals surface area (Å²) in [6, 6.07) is 9.22. The molecule has 1 nitrogen and oxygen atoms in total. The summed E-state index contributed by atoms with van der Waals surface area (Å²) in [6.07, 6.45) is 0. The molecule has 0 aliphatic rings. The zero-order valence-corrected chi connectivity index (χ0v) is 12.6. The van der Waals surface area contributed by atoms with Gasteiger partial charge in [-0.1, -0.05) is 12.1 Å². The molecule has 0 aliphatic carbocycles. The molecule has 0 saturated heterocycles. The van der Waals surface area contributed by atoms with Crippen LogP contribution in [0, 0.1) is 18.3 Å². The second kappa shape index (κ2) is 7.92. The molecule has 0 fully saturated rings. The third-order valence-electron chi connectivity index (χ3n) is 1.06. The first-order valence-corrected chi connectivity index (χ1v) is 17.1. The normalized spacial score (nSPS) is 7.17. The first kappa shape index (κ1) is 12.3. The quantitative estimate of drug-likeness (QED) is 0.663. The van der Waals surface area contributed by atoms with E-state index < -0.39 is 0 Å². The van der Waals surface area contributed by atoms with Crippen LogP contribution >= 0.6 is 27.2 Å². The molecule has 0 unspecified atom stereocenters. The van der Waals surface area contributed by atoms with Crippen LogP contribution in [0.1, 0.15) is 11.1 Å². The summed E-state index contributed by atoms with van der Waals surface area (Å²) in [5.41, 5.74) is 1.55. The first-order valence-electron chi connectivity index (χ1n) is 3.18. The van der Waals surface area contributed by atoms with Gasteiger partial charge in [0.2, 0.25) is 0 Å². The molecule has 0 heterocycles. The molecule has 1 aromatic carbocycles. The first-order chi connectivity index (χ1) is 5.74. The van der Waals surface area contributed by atoms with Gasteiger partial charge in [0.25, 0.3) is 0 Å². The van der Waals surface area contributed by atoms with Crippen LogP contribution in [0.4, 0.5) is 0 Å². The number of rotatable bonds is 0. The van der Waals surface area contributed by atoms with E-state index in [0.29, 0.717) is 5.56 Å². The summed E-state index contributed by atoms with van der Waals surface area (Å²) in [5.74, 6) is 0. The molecule has 0 aromatic heterocycles. The van der Waals surface area contributed by atoms with Gasteiger partial charge in [-0.2, -0.15) is 5.26 Å². The van der Waals surface area contributed by atoms with Crippen molar-refractivity contribution in [3.63, 3.8) is 0 Å². The van der Waals surface area contributed by atoms with Gasteiger partial charge in [0.15, 0.2) is 0 Å². The molecule has 1 radical (unpaired) electrons. The monoisotopic (exact) mass is 338 g/mol. The van der Waals surface area contributed by atoms with E-state index in [1.807, 2.05) is 18.2 Å². The van der Waals surface area contributed by atoms with Crippen LogP contribution in [0.15, 0.2) is 24.3 Å². The van der Waals surface area contributed by atoms with Crippen molar-refractivity contribution in [1.29, 1.82) is 5.26 Å². The fraction of sp³-hybridized carbons (Fsp3) is 0. The molecule has 1 rings (SSSR count). The van der Waals surface area contributed by atoms with E-state index in [1.165, 1.54) is 0 Å². The molecular formula is C8H6Br2NZn. The van der Waals surface area contributed by atoms with Gasteiger partial charge in [-0.25, -0.2) is 0 Å². The van der Waals surface area contributed by atoms with Gasteiger partial charge >= 0.3 is 40.5 Å². The minimum absolute atomic E-state index is 0.250. The molecule has 0 bridgehead atoms. The van der Waals surface area contributed by atoms with E-state index in [9.17, 15) is 0 Å². The Bertz CT molecular complexity index is 270. The third kappa shape index (κ3) is 5.88. The van der Waals surface area contributed by atoms with E-state index in [1.54, 1.807) is 12.1 Å². The van der Waals surface area contributed by atoms with Crippen LogP contribution in [0.5, 0.6) is 0 Å². The molecule has 12 heavy (non-hydrogen) atoms. The zero-order chi connectivity index (χ0) is 9.40. The summed E-state index contributed by atoms with van der Waals surface area (Å²) in [7, 11) is 0. The van der Waals surface area contributed by atoms with Crippen LogP contribution in [-0.2, 0) is 13.2 Å². The topological polar surface area (TPSA) is 23.8 Å². The number of nitriles is 1. The van der Waals surface area contributed by atoms with Gasteiger partial charge < -0.3 is 0 Å². The molecule has 1 aromatic rings. The molecule has 0 atom stereocenters. The van der Waals surface area contributed by atoms with Gasteiger partial charge in [-0.05, 0) is 24.6 Å². The van der Waals surface area contributed by atoms with Crippen LogP contribution in [0.2, 0.25) is 0 Å². The van der Waals surface area contributed by atoms with Gasteiger partial charge in [0.1, 0.15) is 0 Å². The molecular weight excluding hydrogens is 335 g/mol. The van der Waals surface area contributed by atoms with Crippen molar-refractivity contribution < 1.29 is 13.2 Å². The summed E-state index contributed by atoms with van der Waals surface area (Å²) in [4.78, 5) is 0. The van der Waals surface area contributed by atoms with E-state index in [-0.39, 0.29) is 13.2 Å². The van der Waals surface area contributed by atoms with Gasteiger partial charge in [-0.3, -0.25) is 0 Å². The van der Waals surface area contributed by atoms with E-state index >= 15 is 0 Å². The fourth-order valence-corrected chi connectivity index (χ4v) is 0.641. The third-order valence-corrected chi connectivity index (χ3v) is 1.06. The Labute approximate surface area is 93.5 Å². The number of nitrogens with zero attached hydrogens (tertiary/aromatic N) is 1. The molecule has 59 valence electrons. The average molecular weight is 341 g/mol. The Balaban J connectivity index is 0.000000354. The number of halogens is 2. The molecule has 4 heteroatoms. The van der Waals surface area contributed by atoms with Crippen LogP contribution in [-0.4, -0.2) is 0 Å². The second-order valence-electron chi connectivity index (χ2n) is 1.91. The number of hydrogen-bond acceptors (Lipinski definition) is 1. The van der Waals surface area contributed by atoms with Crippen molar-refractivity contribution in [2.45, 2.75) is 0 Å². The maximum absolute atomic E-state index is 8.38. The van der Waals surface area contributed by atoms with Crippen LogP contribution in [0.25, 0.3) is 0 Å². The number of hydrogen-bond donors (Lipinski definition) is 0. The van der Waals surface area contributed by atoms with Crippen molar-refractivity contribution in [3.05, 3.63) is 42.3 Å². The molecule has 0 saturated carbocycles. The molecule has 0 N–H and O–H groups in total. The number of benzene rings is 1. The van der Waals surface area contributed by atoms with Gasteiger partial charge in [-0.15, -0.1) is 0 Å². The van der Waals surface area contributed by atoms with Crippen molar-refractivity contribution in [3.8, 4) is 6.07 Å². The minimum atomic E-state index is -0.250. The van der Waals surface area contributed by atoms with Crippen molar-refractivity contribution >= 4 is 27.2 Å². The Morgan fingerprint density at radius 2 is 2.00 bits per heavy atom. The van der Waals surface area contributed by atoms with E-state index in [0.717, 1.165) is 5.56 Å². The summed E-state index contributed by atoms with van der Waals surface area (Å²) < 4.78 is 0. The minimum Gasteiger partial charge on any atom is -0.192 e. The summed E-state index contributed by atoms with van der Waals surface area (Å²) >= 11 is 6.25. The predicted octanol–water partition coefficient (Wildman–Crippen LogP) is 3.43. The zero-order valence-electron chi connectivity index (χ0n) is 6.43. The maximum atomic E-state index is 8.38. The standard InChI is InChI=1S/C8H6N.2BrH.Zn/c1-7-3-2-4-8(5-7)6-9;;;/h2-5H,1H2;2*1H;/q;;;+2/p-2. The largest absolute Gasteiger partial charge is 0.192 e. The van der Waals surface area contributed by atoms with Gasteiger partial charge in [0.05, 0.1) is 11.6 Å². The van der Waals surface area contributed by atoms with Crippen molar-refractivity contribution in [1.82, 2.24) is 0 Å². The molecule has 0 amide bonds. The van der Waals surface area contributed by atoms with E-state index in [2.05, 4.69) is 34.2 Å². The Hall–Kier alpha value is 0.293. The maximum Gasteiger partial charge on any atom is 0.0991 e. The Kier molecular flexibility index (Phi) is 8.11. The fourth-order valence-electron chi connectivity index (χ4n) is 0.641. The average Bonchev–Trinajstić information content (AvgIpc) is 2.06. The smallest absolute Gasteiger partial charge is 0.0991 e. The van der Waals surface area contributed by atoms with E-state index in [4.69, 9.17) is 5.26 Å². The van der Waals surface area contributed by atoms with Crippen LogP contribution < -0.4 is 0 Å². The Morgan fingerprint density at radius 1 is 1.42 bits per heavy atom. The Morgan fingerprint density at radius 3 is 2.33 bits per heavy atom. The summed E-state index contributed by atoms with van der Waals surface area (Å²) in [5, 5.41) is 8.38. The van der Waals surface area contributed by atoms with Gasteiger partial charge in [0, 0.05) is 0 Å². The molecule has 0 spiro atoms. The second-order valence-corrected chi connectivity index (χ2v) is 16.0. The van der Waals surface area contributed by atoms with Crippen molar-refractivity contribution in [2.75, 3.05) is 0 Å². The van der Waals surface area contributed by atoms with Crippen molar-refractivity contribution in [2.24, 2.45) is 0 Å². The summed E-state index contributed by atoms with van der Waals surface area (Å²) in [6.45, 7) is 3.68. The predicted molar refractivity (Wildman–Crippen MR) is 53.5 cm³/mol. The SMILES string of the molecule is [Br][Zn][Br].[CH2]c1cccc(C#N)c1. The molecule has 0 aliphatic heterocycles. The van der Waals surface area contributed by atoms with Crippen LogP contribution in [0.3, 0.4) is 0 Å².